The smallest absolute Gasteiger partial charge is 0.478 e. The van der Waals surface area contributed by atoms with Crippen LogP contribution >= 0.6 is 0 Å². The van der Waals surface area contributed by atoms with Gasteiger partial charge < -0.3 is 19.9 Å². The number of ether oxygens (including phenoxy) is 2. The third kappa shape index (κ3) is 5.77. The minimum absolute atomic E-state index is 0.0441. The van der Waals surface area contributed by atoms with E-state index < -0.39 is 41.4 Å². The van der Waals surface area contributed by atoms with Gasteiger partial charge in [-0.1, -0.05) is 38.1 Å². The Morgan fingerprint density at radius 1 is 1.00 bits per heavy atom. The molecule has 0 saturated carbocycles. The van der Waals surface area contributed by atoms with E-state index in [9.17, 15) is 36.6 Å². The monoisotopic (exact) mass is 641 g/mol. The van der Waals surface area contributed by atoms with Crippen molar-refractivity contribution < 1.29 is 46.1 Å². The third-order valence-corrected chi connectivity index (χ3v) is 8.56. The van der Waals surface area contributed by atoms with Crippen LogP contribution in [0, 0.1) is 0 Å². The number of hydrogen-bond donors (Lipinski definition) is 2. The van der Waals surface area contributed by atoms with Crippen LogP contribution in [0.1, 0.15) is 81.4 Å². The summed E-state index contributed by atoms with van der Waals surface area (Å²) in [5.41, 5.74) is 0.529. The van der Waals surface area contributed by atoms with E-state index >= 15 is 0 Å². The van der Waals surface area contributed by atoms with Crippen LogP contribution in [0.5, 0.6) is 11.5 Å². The van der Waals surface area contributed by atoms with Crippen molar-refractivity contribution in [3.8, 4) is 17.2 Å². The fourth-order valence-electron chi connectivity index (χ4n) is 6.22. The molecule has 0 radical (unpaired) electrons. The standard InChI is InChI=1S/C33H28F5N3O5/c1-31(2,21-12-10-19(11-13-21)30(43)44)24-8-4-7-23-27(24)41(40-28(23)32(34,35)36)22-6-3-5-20(16-22)29(42)39-17-18-9-14-25-26(15-18)46-33(37,38)45-25/h3,5-6,9-16,24H,4,7-8,17H2,1-2H3,(H,39,42)(H,43,44). The molecule has 3 aromatic carbocycles. The Kier molecular flexibility index (Phi) is 7.52. The van der Waals surface area contributed by atoms with E-state index in [2.05, 4.69) is 19.9 Å². The number of benzene rings is 3. The number of nitrogens with one attached hydrogen (secondary N) is 1. The first-order valence-electron chi connectivity index (χ1n) is 14.4. The number of carboxylic acids is 1. The molecule has 1 aliphatic heterocycles. The van der Waals surface area contributed by atoms with E-state index in [1.165, 1.54) is 47.1 Å². The highest BCUT2D eigenvalue weighted by molar-refractivity contribution is 5.94. The largest absolute Gasteiger partial charge is 0.586 e. The average molecular weight is 642 g/mol. The van der Waals surface area contributed by atoms with Crippen molar-refractivity contribution >= 4 is 11.9 Å². The van der Waals surface area contributed by atoms with Gasteiger partial charge in [-0.05, 0) is 78.3 Å². The second kappa shape index (κ2) is 11.1. The predicted molar refractivity (Wildman–Crippen MR) is 154 cm³/mol. The molecule has 0 fully saturated rings. The van der Waals surface area contributed by atoms with E-state index in [4.69, 9.17) is 0 Å². The maximum absolute atomic E-state index is 14.3. The van der Waals surface area contributed by atoms with Crippen LogP contribution in [0.2, 0.25) is 0 Å². The van der Waals surface area contributed by atoms with E-state index in [0.29, 0.717) is 24.1 Å². The minimum Gasteiger partial charge on any atom is -0.478 e. The van der Waals surface area contributed by atoms with Gasteiger partial charge in [0.15, 0.2) is 17.2 Å². The normalized spacial score (nSPS) is 17.0. The molecule has 1 amide bonds. The highest BCUT2D eigenvalue weighted by atomic mass is 19.4. The Morgan fingerprint density at radius 3 is 2.41 bits per heavy atom. The summed E-state index contributed by atoms with van der Waals surface area (Å²) in [6, 6.07) is 16.5. The molecule has 6 rings (SSSR count). The summed E-state index contributed by atoms with van der Waals surface area (Å²) < 4.78 is 79.8. The summed E-state index contributed by atoms with van der Waals surface area (Å²) in [5.74, 6) is -2.35. The number of aromatic carboxylic acids is 1. The highest BCUT2D eigenvalue weighted by Gasteiger charge is 2.46. The number of aromatic nitrogens is 2. The fraction of sp³-hybridized carbons (Fsp3) is 0.303. The second-order valence-electron chi connectivity index (χ2n) is 11.9. The van der Waals surface area contributed by atoms with Crippen LogP contribution in [0.3, 0.4) is 0 Å². The van der Waals surface area contributed by atoms with Gasteiger partial charge in [0.25, 0.3) is 5.91 Å². The number of nitrogens with zero attached hydrogens (tertiary/aromatic N) is 2. The Balaban J connectivity index is 1.32. The first kappa shape index (κ1) is 31.1. The van der Waals surface area contributed by atoms with Gasteiger partial charge in [0, 0.05) is 23.6 Å². The fourth-order valence-corrected chi connectivity index (χ4v) is 6.22. The molecule has 2 heterocycles. The zero-order chi connectivity index (χ0) is 33.0. The molecule has 4 aromatic rings. The summed E-state index contributed by atoms with van der Waals surface area (Å²) in [6.45, 7) is 3.78. The molecule has 8 nitrogen and oxygen atoms in total. The third-order valence-electron chi connectivity index (χ3n) is 8.56. The van der Waals surface area contributed by atoms with Gasteiger partial charge in [0.2, 0.25) is 0 Å². The topological polar surface area (TPSA) is 103 Å². The number of carbonyl (C=O) groups excluding carboxylic acids is 1. The quantitative estimate of drug-likeness (QED) is 0.206. The molecule has 1 aliphatic carbocycles. The number of hydrogen-bond acceptors (Lipinski definition) is 5. The lowest BCUT2D eigenvalue weighted by molar-refractivity contribution is -0.286. The maximum atomic E-state index is 14.3. The first-order valence-corrected chi connectivity index (χ1v) is 14.4. The average Bonchev–Trinajstić information content (AvgIpc) is 3.56. The number of fused-ring (bicyclic) bond motifs is 2. The van der Waals surface area contributed by atoms with Gasteiger partial charge in [0.05, 0.1) is 16.9 Å². The van der Waals surface area contributed by atoms with Crippen molar-refractivity contribution in [2.45, 2.75) is 63.5 Å². The van der Waals surface area contributed by atoms with Gasteiger partial charge >= 0.3 is 18.4 Å². The lowest BCUT2D eigenvalue weighted by Crippen LogP contribution is -2.31. The number of carbonyl (C=O) groups is 2. The molecule has 1 unspecified atom stereocenters. The van der Waals surface area contributed by atoms with Crippen molar-refractivity contribution in [3.05, 3.63) is 106 Å². The van der Waals surface area contributed by atoms with Gasteiger partial charge in [-0.3, -0.25) is 4.79 Å². The molecule has 0 bridgehead atoms. The lowest BCUT2D eigenvalue weighted by Gasteiger charge is -2.38. The zero-order valence-electron chi connectivity index (χ0n) is 24.6. The van der Waals surface area contributed by atoms with E-state index in [-0.39, 0.29) is 46.8 Å². The van der Waals surface area contributed by atoms with Crippen LogP contribution in [0.25, 0.3) is 5.69 Å². The number of halogens is 5. The molecule has 240 valence electrons. The Morgan fingerprint density at radius 2 is 1.72 bits per heavy atom. The zero-order valence-corrected chi connectivity index (χ0v) is 24.6. The predicted octanol–water partition coefficient (Wildman–Crippen LogP) is 7.24. The minimum atomic E-state index is -4.71. The molecular weight excluding hydrogens is 613 g/mol. The van der Waals surface area contributed by atoms with Crippen LogP contribution in [0.4, 0.5) is 22.0 Å². The first-order chi connectivity index (χ1) is 21.6. The Labute approximate surface area is 259 Å². The molecule has 2 N–H and O–H groups in total. The SMILES string of the molecule is CC(C)(c1ccc(C(=O)O)cc1)C1CCCc2c(C(F)(F)F)nn(-c3cccc(C(=O)NCc4ccc5c(c4)OC(F)(F)O5)c3)c21. The van der Waals surface area contributed by atoms with E-state index in [0.717, 1.165) is 5.56 Å². The van der Waals surface area contributed by atoms with E-state index in [1.807, 2.05) is 13.8 Å². The summed E-state index contributed by atoms with van der Waals surface area (Å²) in [5, 5.41) is 16.1. The van der Waals surface area contributed by atoms with Crippen molar-refractivity contribution in [2.75, 3.05) is 0 Å². The summed E-state index contributed by atoms with van der Waals surface area (Å²) in [7, 11) is 0. The van der Waals surface area contributed by atoms with Crippen LogP contribution in [0.15, 0.2) is 66.7 Å². The lowest BCUT2D eigenvalue weighted by atomic mass is 9.67. The number of rotatable bonds is 7. The Bertz CT molecular complexity index is 1830. The van der Waals surface area contributed by atoms with Gasteiger partial charge in [0.1, 0.15) is 0 Å². The van der Waals surface area contributed by atoms with Gasteiger partial charge in [-0.2, -0.15) is 18.3 Å². The van der Waals surface area contributed by atoms with Gasteiger partial charge in [-0.25, -0.2) is 9.48 Å². The molecule has 46 heavy (non-hydrogen) atoms. The van der Waals surface area contributed by atoms with Crippen molar-refractivity contribution in [2.24, 2.45) is 0 Å². The van der Waals surface area contributed by atoms with Crippen LogP contribution in [-0.2, 0) is 24.6 Å². The summed E-state index contributed by atoms with van der Waals surface area (Å²) in [4.78, 5) is 24.5. The molecule has 0 spiro atoms. The molecule has 2 aliphatic rings. The molecule has 1 atom stereocenters. The van der Waals surface area contributed by atoms with Crippen molar-refractivity contribution in [1.29, 1.82) is 0 Å². The molecule has 13 heteroatoms. The van der Waals surface area contributed by atoms with Crippen molar-refractivity contribution in [3.63, 3.8) is 0 Å². The summed E-state index contributed by atoms with van der Waals surface area (Å²) in [6.07, 6.45) is -7.25. The maximum Gasteiger partial charge on any atom is 0.586 e. The molecule has 0 saturated heterocycles. The van der Waals surface area contributed by atoms with Crippen LogP contribution < -0.4 is 14.8 Å². The van der Waals surface area contributed by atoms with E-state index in [1.54, 1.807) is 24.3 Å². The van der Waals surface area contributed by atoms with Crippen LogP contribution in [-0.4, -0.2) is 33.1 Å². The summed E-state index contributed by atoms with van der Waals surface area (Å²) >= 11 is 0. The van der Waals surface area contributed by atoms with Gasteiger partial charge in [-0.15, -0.1) is 8.78 Å². The van der Waals surface area contributed by atoms with Crippen molar-refractivity contribution in [1.82, 2.24) is 15.1 Å². The highest BCUT2D eigenvalue weighted by Crippen LogP contribution is 2.49. The molecule has 1 aromatic heterocycles. The Hall–Kier alpha value is -4.94. The second-order valence-corrected chi connectivity index (χ2v) is 11.9. The number of alkyl halides is 5. The number of amides is 1. The molecular formula is C33H28F5N3O5. The number of carboxylic acid groups (broad SMARTS) is 1.